The molecule has 0 saturated carbocycles. The summed E-state index contributed by atoms with van der Waals surface area (Å²) in [4.78, 5) is 1.07. The van der Waals surface area contributed by atoms with Crippen molar-refractivity contribution in [3.05, 3.63) is 89.5 Å². The van der Waals surface area contributed by atoms with E-state index in [0.717, 1.165) is 33.9 Å². The maximum absolute atomic E-state index is 10.6. The van der Waals surface area contributed by atoms with E-state index in [1.807, 2.05) is 50.2 Å². The van der Waals surface area contributed by atoms with Crippen LogP contribution in [0.4, 0.5) is 0 Å². The summed E-state index contributed by atoms with van der Waals surface area (Å²) < 4.78 is 14.8. The molecule has 170 valence electrons. The van der Waals surface area contributed by atoms with E-state index in [2.05, 4.69) is 50.4 Å². The molecule has 0 bridgehead atoms. The lowest BCUT2D eigenvalue weighted by Crippen LogP contribution is -2.31. The SMILES string of the molecule is CCOc1cc(SNCC(O)C(P)Cc2ccc(OCc3ccccc3)cc2)ccc1C. The Morgan fingerprint density at radius 1 is 0.969 bits per heavy atom. The summed E-state index contributed by atoms with van der Waals surface area (Å²) >= 11 is 1.51. The largest absolute Gasteiger partial charge is 0.494 e. The molecule has 0 fully saturated rings. The normalized spacial score (nSPS) is 12.9. The maximum Gasteiger partial charge on any atom is 0.123 e. The lowest BCUT2D eigenvalue weighted by Gasteiger charge is -2.19. The first-order chi connectivity index (χ1) is 15.5. The molecule has 4 nitrogen and oxygen atoms in total. The molecule has 32 heavy (non-hydrogen) atoms. The molecule has 0 amide bonds. The predicted molar refractivity (Wildman–Crippen MR) is 137 cm³/mol. The number of benzene rings is 3. The van der Waals surface area contributed by atoms with Gasteiger partial charge >= 0.3 is 0 Å². The number of aryl methyl sites for hydroxylation is 1. The van der Waals surface area contributed by atoms with Crippen molar-refractivity contribution in [2.75, 3.05) is 13.2 Å². The second kappa shape index (κ2) is 12.9. The number of rotatable bonds is 12. The molecule has 0 radical (unpaired) electrons. The van der Waals surface area contributed by atoms with E-state index in [-0.39, 0.29) is 5.66 Å². The van der Waals surface area contributed by atoms with Crippen LogP contribution in [0.25, 0.3) is 0 Å². The van der Waals surface area contributed by atoms with Gasteiger partial charge in [-0.25, -0.2) is 0 Å². The molecule has 0 aliphatic carbocycles. The topological polar surface area (TPSA) is 50.7 Å². The van der Waals surface area contributed by atoms with Gasteiger partial charge in [0, 0.05) is 17.1 Å². The summed E-state index contributed by atoms with van der Waals surface area (Å²) in [5.41, 5.74) is 3.49. The Balaban J connectivity index is 1.42. The second-order valence-electron chi connectivity index (χ2n) is 7.66. The first-order valence-corrected chi connectivity index (χ1v) is 12.4. The molecule has 3 unspecified atom stereocenters. The molecular formula is C26H32NO3PS. The van der Waals surface area contributed by atoms with Gasteiger partial charge in [-0.2, -0.15) is 0 Å². The Labute approximate surface area is 198 Å². The Morgan fingerprint density at radius 2 is 1.72 bits per heavy atom. The van der Waals surface area contributed by atoms with Gasteiger partial charge in [0.1, 0.15) is 18.1 Å². The summed E-state index contributed by atoms with van der Waals surface area (Å²) in [7, 11) is 2.77. The highest BCUT2D eigenvalue weighted by atomic mass is 32.2. The number of hydrogen-bond acceptors (Lipinski definition) is 5. The predicted octanol–water partition coefficient (Wildman–Crippen LogP) is 5.42. The molecule has 3 atom stereocenters. The highest BCUT2D eigenvalue weighted by Crippen LogP contribution is 2.25. The zero-order valence-corrected chi connectivity index (χ0v) is 20.6. The molecule has 6 heteroatoms. The highest BCUT2D eigenvalue weighted by molar-refractivity contribution is 7.97. The lowest BCUT2D eigenvalue weighted by atomic mass is 10.1. The third-order valence-corrected chi connectivity index (χ3v) is 6.56. The van der Waals surface area contributed by atoms with Gasteiger partial charge in [0.25, 0.3) is 0 Å². The number of hydrogen-bond donors (Lipinski definition) is 2. The zero-order chi connectivity index (χ0) is 22.8. The number of aliphatic hydroxyl groups excluding tert-OH is 1. The fraction of sp³-hybridized carbons (Fsp3) is 0.308. The first-order valence-electron chi connectivity index (χ1n) is 10.9. The van der Waals surface area contributed by atoms with Crippen LogP contribution in [0.15, 0.2) is 77.7 Å². The van der Waals surface area contributed by atoms with E-state index < -0.39 is 6.10 Å². The standard InChI is InChI=1S/C26H32NO3PS/c1-3-29-25-16-23(14-9-19(25)2)32-27-17-24(28)26(31)15-20-10-12-22(13-11-20)30-18-21-7-5-4-6-8-21/h4-14,16,24,26-28H,3,15,17-18,31H2,1-2H3. The van der Waals surface area contributed by atoms with Gasteiger partial charge in [-0.05, 0) is 73.2 Å². The Morgan fingerprint density at radius 3 is 2.44 bits per heavy atom. The van der Waals surface area contributed by atoms with Gasteiger partial charge in [-0.15, -0.1) is 9.24 Å². The third kappa shape index (κ3) is 7.83. The van der Waals surface area contributed by atoms with E-state index in [1.165, 1.54) is 17.5 Å². The van der Waals surface area contributed by atoms with Gasteiger partial charge in [0.15, 0.2) is 0 Å². The van der Waals surface area contributed by atoms with Crippen LogP contribution < -0.4 is 14.2 Å². The summed E-state index contributed by atoms with van der Waals surface area (Å²) in [5, 5.41) is 10.6. The van der Waals surface area contributed by atoms with Crippen LogP contribution in [0.3, 0.4) is 0 Å². The molecule has 3 rings (SSSR count). The summed E-state index contributed by atoms with van der Waals surface area (Å²) in [6.45, 7) is 5.72. The van der Waals surface area contributed by atoms with Crippen LogP contribution in [0.1, 0.15) is 23.6 Å². The molecule has 3 aromatic rings. The lowest BCUT2D eigenvalue weighted by molar-refractivity contribution is 0.175. The minimum absolute atomic E-state index is 0.0520. The van der Waals surface area contributed by atoms with Crippen molar-refractivity contribution in [3.63, 3.8) is 0 Å². The quantitative estimate of drug-likeness (QED) is 0.274. The van der Waals surface area contributed by atoms with Gasteiger partial charge in [0.2, 0.25) is 0 Å². The second-order valence-corrected chi connectivity index (χ2v) is 9.48. The van der Waals surface area contributed by atoms with Gasteiger partial charge < -0.3 is 14.6 Å². The Kier molecular flexibility index (Phi) is 9.89. The van der Waals surface area contributed by atoms with E-state index >= 15 is 0 Å². The first kappa shape index (κ1) is 24.6. The Hall–Kier alpha value is -2.04. The molecule has 0 aliphatic heterocycles. The summed E-state index contributed by atoms with van der Waals surface area (Å²) in [6.07, 6.45) is 0.300. The van der Waals surface area contributed by atoms with E-state index in [4.69, 9.17) is 9.47 Å². The average Bonchev–Trinajstić information content (AvgIpc) is 2.81. The number of ether oxygens (including phenoxy) is 2. The minimum Gasteiger partial charge on any atom is -0.494 e. The van der Waals surface area contributed by atoms with Crippen molar-refractivity contribution in [1.29, 1.82) is 0 Å². The zero-order valence-electron chi connectivity index (χ0n) is 18.7. The van der Waals surface area contributed by atoms with Crippen LogP contribution >= 0.6 is 21.2 Å². The van der Waals surface area contributed by atoms with E-state index in [9.17, 15) is 5.11 Å². The number of nitrogens with one attached hydrogen (secondary N) is 1. The van der Waals surface area contributed by atoms with Crippen LogP contribution in [-0.2, 0) is 13.0 Å². The van der Waals surface area contributed by atoms with E-state index in [1.54, 1.807) is 0 Å². The van der Waals surface area contributed by atoms with Gasteiger partial charge in [-0.1, -0.05) is 48.5 Å². The molecule has 3 aromatic carbocycles. The fourth-order valence-corrected chi connectivity index (χ4v) is 4.32. The van der Waals surface area contributed by atoms with Gasteiger partial charge in [-0.3, -0.25) is 4.72 Å². The highest BCUT2D eigenvalue weighted by Gasteiger charge is 2.15. The molecule has 0 aromatic heterocycles. The Bertz CT molecular complexity index is 953. The van der Waals surface area contributed by atoms with Crippen molar-refractivity contribution in [2.45, 2.75) is 43.5 Å². The van der Waals surface area contributed by atoms with Crippen LogP contribution in [-0.4, -0.2) is 30.0 Å². The van der Waals surface area contributed by atoms with Crippen molar-refractivity contribution < 1.29 is 14.6 Å². The van der Waals surface area contributed by atoms with Crippen molar-refractivity contribution >= 4 is 21.2 Å². The smallest absolute Gasteiger partial charge is 0.123 e. The van der Waals surface area contributed by atoms with Crippen LogP contribution in [0.2, 0.25) is 0 Å². The van der Waals surface area contributed by atoms with Crippen LogP contribution in [0.5, 0.6) is 11.5 Å². The summed E-state index contributed by atoms with van der Waals surface area (Å²) in [5.74, 6) is 1.75. The molecular weight excluding hydrogens is 437 g/mol. The molecule has 0 spiro atoms. The summed E-state index contributed by atoms with van der Waals surface area (Å²) in [6, 6.07) is 24.4. The maximum atomic E-state index is 10.6. The minimum atomic E-state index is -0.474. The molecule has 0 saturated heterocycles. The van der Waals surface area contributed by atoms with Crippen molar-refractivity contribution in [3.8, 4) is 11.5 Å². The third-order valence-electron chi connectivity index (χ3n) is 5.08. The van der Waals surface area contributed by atoms with Gasteiger partial charge in [0.05, 0.1) is 12.7 Å². The fourth-order valence-electron chi connectivity index (χ4n) is 3.19. The average molecular weight is 470 g/mol. The van der Waals surface area contributed by atoms with E-state index in [0.29, 0.717) is 19.8 Å². The van der Waals surface area contributed by atoms with Crippen molar-refractivity contribution in [1.82, 2.24) is 4.72 Å². The number of aliphatic hydroxyl groups is 1. The molecule has 0 aliphatic rings. The molecule has 2 N–H and O–H groups in total. The monoisotopic (exact) mass is 469 g/mol. The molecule has 0 heterocycles. The van der Waals surface area contributed by atoms with Crippen LogP contribution in [0, 0.1) is 6.92 Å². The van der Waals surface area contributed by atoms with Crippen molar-refractivity contribution in [2.24, 2.45) is 0 Å².